The second-order valence-corrected chi connectivity index (χ2v) is 3.53. The predicted octanol–water partition coefficient (Wildman–Crippen LogP) is 3.67. The SMILES string of the molecule is CCCOc1ccc(CC)cc1C(F)(F)F.CO. The quantitative estimate of drug-likeness (QED) is 0.899. The van der Waals surface area contributed by atoms with Gasteiger partial charge in [-0.05, 0) is 30.5 Å². The summed E-state index contributed by atoms with van der Waals surface area (Å²) in [4.78, 5) is 0. The Balaban J connectivity index is 0.00000137. The topological polar surface area (TPSA) is 29.5 Å². The molecule has 0 aliphatic rings. The summed E-state index contributed by atoms with van der Waals surface area (Å²) in [5.41, 5.74) is -0.0172. The van der Waals surface area contributed by atoms with Gasteiger partial charge in [0, 0.05) is 7.11 Å². The van der Waals surface area contributed by atoms with Gasteiger partial charge in [0.1, 0.15) is 5.75 Å². The van der Waals surface area contributed by atoms with Crippen molar-refractivity contribution in [3.63, 3.8) is 0 Å². The van der Waals surface area contributed by atoms with E-state index in [0.29, 0.717) is 25.0 Å². The van der Waals surface area contributed by atoms with Crippen molar-refractivity contribution in [2.24, 2.45) is 0 Å². The minimum atomic E-state index is -4.35. The Labute approximate surface area is 105 Å². The summed E-state index contributed by atoms with van der Waals surface area (Å²) in [6, 6.07) is 4.22. The van der Waals surface area contributed by atoms with E-state index in [1.54, 1.807) is 6.07 Å². The van der Waals surface area contributed by atoms with Crippen molar-refractivity contribution >= 4 is 0 Å². The van der Waals surface area contributed by atoms with E-state index in [1.165, 1.54) is 6.07 Å². The van der Waals surface area contributed by atoms with E-state index < -0.39 is 11.7 Å². The molecule has 0 fully saturated rings. The van der Waals surface area contributed by atoms with E-state index in [-0.39, 0.29) is 5.75 Å². The lowest BCUT2D eigenvalue weighted by Gasteiger charge is -2.14. The van der Waals surface area contributed by atoms with Gasteiger partial charge in [-0.15, -0.1) is 0 Å². The van der Waals surface area contributed by atoms with Gasteiger partial charge in [0.2, 0.25) is 0 Å². The van der Waals surface area contributed by atoms with Crippen molar-refractivity contribution in [2.75, 3.05) is 13.7 Å². The average Bonchev–Trinajstić information content (AvgIpc) is 2.37. The normalized spacial score (nSPS) is 10.6. The van der Waals surface area contributed by atoms with Gasteiger partial charge in [0.25, 0.3) is 0 Å². The monoisotopic (exact) mass is 264 g/mol. The Morgan fingerprint density at radius 2 is 1.78 bits per heavy atom. The van der Waals surface area contributed by atoms with Crippen LogP contribution in [0.2, 0.25) is 0 Å². The lowest BCUT2D eigenvalue weighted by atomic mass is 10.1. The number of aliphatic hydroxyl groups is 1. The fourth-order valence-corrected chi connectivity index (χ4v) is 1.36. The molecule has 0 aromatic heterocycles. The van der Waals surface area contributed by atoms with Crippen LogP contribution in [0, 0.1) is 0 Å². The Morgan fingerprint density at radius 3 is 2.22 bits per heavy atom. The molecule has 1 aromatic rings. The van der Waals surface area contributed by atoms with Crippen LogP contribution in [-0.2, 0) is 12.6 Å². The first kappa shape index (κ1) is 16.8. The van der Waals surface area contributed by atoms with Crippen LogP contribution in [0.3, 0.4) is 0 Å². The molecule has 0 heterocycles. The van der Waals surface area contributed by atoms with E-state index in [0.717, 1.165) is 13.2 Å². The molecular weight excluding hydrogens is 245 g/mol. The molecule has 0 saturated heterocycles. The second kappa shape index (κ2) is 7.97. The fraction of sp³-hybridized carbons (Fsp3) is 0.538. The Kier molecular flexibility index (Phi) is 7.43. The van der Waals surface area contributed by atoms with Crippen LogP contribution in [0.15, 0.2) is 18.2 Å². The van der Waals surface area contributed by atoms with E-state index in [9.17, 15) is 13.2 Å². The number of alkyl halides is 3. The summed E-state index contributed by atoms with van der Waals surface area (Å²) in [5.74, 6) is -0.0773. The molecular formula is C13H19F3O2. The van der Waals surface area contributed by atoms with E-state index in [4.69, 9.17) is 9.84 Å². The number of hydrogen-bond donors (Lipinski definition) is 1. The summed E-state index contributed by atoms with van der Waals surface area (Å²) in [6.07, 6.45) is -3.09. The second-order valence-electron chi connectivity index (χ2n) is 3.53. The smallest absolute Gasteiger partial charge is 0.419 e. The van der Waals surface area contributed by atoms with E-state index >= 15 is 0 Å². The zero-order chi connectivity index (χ0) is 14.2. The van der Waals surface area contributed by atoms with Gasteiger partial charge in [-0.25, -0.2) is 0 Å². The molecule has 0 bridgehead atoms. The molecule has 104 valence electrons. The van der Waals surface area contributed by atoms with Crippen LogP contribution in [0.25, 0.3) is 0 Å². The van der Waals surface area contributed by atoms with Crippen LogP contribution in [-0.4, -0.2) is 18.8 Å². The van der Waals surface area contributed by atoms with Gasteiger partial charge >= 0.3 is 6.18 Å². The minimum Gasteiger partial charge on any atom is -0.493 e. The molecule has 1 N–H and O–H groups in total. The van der Waals surface area contributed by atoms with Gasteiger partial charge in [-0.2, -0.15) is 13.2 Å². The summed E-state index contributed by atoms with van der Waals surface area (Å²) >= 11 is 0. The fourth-order valence-electron chi connectivity index (χ4n) is 1.36. The van der Waals surface area contributed by atoms with Crippen molar-refractivity contribution in [1.82, 2.24) is 0 Å². The van der Waals surface area contributed by atoms with Gasteiger partial charge in [-0.1, -0.05) is 19.9 Å². The summed E-state index contributed by atoms with van der Waals surface area (Å²) in [5, 5.41) is 7.00. The third-order valence-corrected chi connectivity index (χ3v) is 2.22. The Hall–Kier alpha value is -1.23. The van der Waals surface area contributed by atoms with Crippen LogP contribution < -0.4 is 4.74 Å². The molecule has 0 radical (unpaired) electrons. The van der Waals surface area contributed by atoms with Crippen molar-refractivity contribution in [3.8, 4) is 5.75 Å². The van der Waals surface area contributed by atoms with Gasteiger partial charge in [-0.3, -0.25) is 0 Å². The molecule has 5 heteroatoms. The van der Waals surface area contributed by atoms with Gasteiger partial charge < -0.3 is 9.84 Å². The standard InChI is InChI=1S/C12H15F3O.CH4O/c1-3-7-16-11-6-5-9(4-2)8-10(11)12(13,14)15;1-2/h5-6,8H,3-4,7H2,1-2H3;2H,1H3. The minimum absolute atomic E-state index is 0.0773. The molecule has 1 rings (SSSR count). The van der Waals surface area contributed by atoms with Crippen molar-refractivity contribution < 1.29 is 23.0 Å². The van der Waals surface area contributed by atoms with Gasteiger partial charge in [0.05, 0.1) is 12.2 Å². The number of hydrogen-bond acceptors (Lipinski definition) is 2. The van der Waals surface area contributed by atoms with Crippen LogP contribution >= 0.6 is 0 Å². The number of halogens is 3. The highest BCUT2D eigenvalue weighted by molar-refractivity contribution is 5.39. The number of benzene rings is 1. The average molecular weight is 264 g/mol. The molecule has 0 aliphatic heterocycles. The molecule has 0 atom stereocenters. The van der Waals surface area contributed by atoms with Crippen molar-refractivity contribution in [2.45, 2.75) is 32.9 Å². The number of rotatable bonds is 4. The highest BCUT2D eigenvalue weighted by Crippen LogP contribution is 2.36. The summed E-state index contributed by atoms with van der Waals surface area (Å²) in [6.45, 7) is 3.98. The third-order valence-electron chi connectivity index (χ3n) is 2.22. The van der Waals surface area contributed by atoms with E-state index in [2.05, 4.69) is 0 Å². The number of aryl methyl sites for hydroxylation is 1. The maximum atomic E-state index is 12.7. The summed E-state index contributed by atoms with van der Waals surface area (Å²) in [7, 11) is 1.00. The molecule has 0 unspecified atom stereocenters. The molecule has 0 amide bonds. The molecule has 1 aromatic carbocycles. The zero-order valence-corrected chi connectivity index (χ0v) is 10.8. The van der Waals surface area contributed by atoms with E-state index in [1.807, 2.05) is 13.8 Å². The maximum Gasteiger partial charge on any atom is 0.419 e. The summed E-state index contributed by atoms with van der Waals surface area (Å²) < 4.78 is 43.2. The first-order valence-corrected chi connectivity index (χ1v) is 5.76. The van der Waals surface area contributed by atoms with Gasteiger partial charge in [0.15, 0.2) is 0 Å². The van der Waals surface area contributed by atoms with Crippen molar-refractivity contribution in [3.05, 3.63) is 29.3 Å². The Bertz CT molecular complexity index is 349. The number of aliphatic hydroxyl groups excluding tert-OH is 1. The Morgan fingerprint density at radius 1 is 1.17 bits per heavy atom. The first-order valence-electron chi connectivity index (χ1n) is 5.76. The molecule has 2 nitrogen and oxygen atoms in total. The lowest BCUT2D eigenvalue weighted by molar-refractivity contribution is -0.139. The highest BCUT2D eigenvalue weighted by atomic mass is 19.4. The first-order chi connectivity index (χ1) is 8.49. The zero-order valence-electron chi connectivity index (χ0n) is 10.8. The van der Waals surface area contributed by atoms with Crippen LogP contribution in [0.5, 0.6) is 5.75 Å². The van der Waals surface area contributed by atoms with Crippen LogP contribution in [0.1, 0.15) is 31.4 Å². The molecule has 0 aliphatic carbocycles. The third kappa shape index (κ3) is 4.96. The van der Waals surface area contributed by atoms with Crippen molar-refractivity contribution in [1.29, 1.82) is 0 Å². The number of ether oxygens (including phenoxy) is 1. The molecule has 0 saturated carbocycles. The maximum absolute atomic E-state index is 12.7. The molecule has 0 spiro atoms. The molecule has 18 heavy (non-hydrogen) atoms. The largest absolute Gasteiger partial charge is 0.493 e. The van der Waals surface area contributed by atoms with Crippen LogP contribution in [0.4, 0.5) is 13.2 Å². The lowest BCUT2D eigenvalue weighted by Crippen LogP contribution is -2.09. The predicted molar refractivity (Wildman–Crippen MR) is 64.8 cm³/mol. The highest BCUT2D eigenvalue weighted by Gasteiger charge is 2.34.